The van der Waals surface area contributed by atoms with Crippen LogP contribution in [-0.4, -0.2) is 47.6 Å². The van der Waals surface area contributed by atoms with Crippen molar-refractivity contribution in [1.29, 1.82) is 0 Å². The highest BCUT2D eigenvalue weighted by Crippen LogP contribution is 2.21. The first-order valence-electron chi connectivity index (χ1n) is 7.20. The number of anilines is 1. The third-order valence-electron chi connectivity index (χ3n) is 3.77. The molecule has 0 saturated carbocycles. The summed E-state index contributed by atoms with van der Waals surface area (Å²) in [6.45, 7) is 1.24. The summed E-state index contributed by atoms with van der Waals surface area (Å²) >= 11 is 4.09. The number of hydrogen-bond donors (Lipinski definition) is 1. The van der Waals surface area contributed by atoms with Gasteiger partial charge in [-0.25, -0.2) is 4.98 Å². The van der Waals surface area contributed by atoms with E-state index in [1.165, 1.54) is 0 Å². The van der Waals surface area contributed by atoms with E-state index in [1.807, 2.05) is 18.2 Å². The van der Waals surface area contributed by atoms with Crippen molar-refractivity contribution in [2.45, 2.75) is 19.3 Å². The summed E-state index contributed by atoms with van der Waals surface area (Å²) in [5.74, 6) is 1.15. The highest BCUT2D eigenvalue weighted by Gasteiger charge is 2.30. The topological polar surface area (TPSA) is 53.5 Å². The summed E-state index contributed by atoms with van der Waals surface area (Å²) in [5.41, 5.74) is 0. The second-order valence-electron chi connectivity index (χ2n) is 5.24. The molecule has 2 amide bonds. The molecule has 0 radical (unpaired) electrons. The number of aromatic nitrogens is 1. The van der Waals surface area contributed by atoms with E-state index in [0.29, 0.717) is 24.5 Å². The second-order valence-corrected chi connectivity index (χ2v) is 5.68. The number of carbonyl (C=O) groups is 2. The summed E-state index contributed by atoms with van der Waals surface area (Å²) in [5, 5.41) is 0. The van der Waals surface area contributed by atoms with E-state index < -0.39 is 0 Å². The molecular weight excluding hydrogens is 286 g/mol. The Morgan fingerprint density at radius 3 is 2.95 bits per heavy atom. The third-order valence-corrected chi connectivity index (χ3v) is 4.00. The molecular formula is C15H21N3O2S. The minimum atomic E-state index is -0.144. The molecule has 0 aliphatic carbocycles. The van der Waals surface area contributed by atoms with Gasteiger partial charge in [0.05, 0.1) is 5.92 Å². The fraction of sp³-hybridized carbons (Fsp3) is 0.533. The molecule has 0 bridgehead atoms. The zero-order valence-electron chi connectivity index (χ0n) is 12.2. The van der Waals surface area contributed by atoms with E-state index in [9.17, 15) is 9.59 Å². The Morgan fingerprint density at radius 2 is 2.29 bits per heavy atom. The summed E-state index contributed by atoms with van der Waals surface area (Å²) in [7, 11) is 1.74. The van der Waals surface area contributed by atoms with Crippen molar-refractivity contribution in [3.05, 3.63) is 24.4 Å². The molecule has 1 unspecified atom stereocenters. The Kier molecular flexibility index (Phi) is 5.61. The minimum absolute atomic E-state index is 0.0251. The van der Waals surface area contributed by atoms with Crippen LogP contribution in [0.4, 0.5) is 5.82 Å². The van der Waals surface area contributed by atoms with Gasteiger partial charge in [0.2, 0.25) is 11.8 Å². The first-order chi connectivity index (χ1) is 10.1. The number of carbonyl (C=O) groups excluding carboxylic acids is 2. The molecule has 0 aromatic carbocycles. The van der Waals surface area contributed by atoms with Crippen molar-refractivity contribution in [3.63, 3.8) is 0 Å². The molecule has 1 saturated heterocycles. The quantitative estimate of drug-likeness (QED) is 0.860. The number of pyridine rings is 1. The predicted octanol–water partition coefficient (Wildman–Crippen LogP) is 1.60. The van der Waals surface area contributed by atoms with Gasteiger partial charge in [-0.15, -0.1) is 0 Å². The molecule has 1 aromatic heterocycles. The number of rotatable bonds is 4. The molecule has 1 aliphatic rings. The molecule has 6 heteroatoms. The SMILES string of the molecule is CN(C(=O)C1CCCN(C(=O)CCS)C1)c1ccccn1. The van der Waals surface area contributed by atoms with Gasteiger partial charge in [-0.1, -0.05) is 6.07 Å². The van der Waals surface area contributed by atoms with Crippen LogP contribution in [0.25, 0.3) is 0 Å². The van der Waals surface area contributed by atoms with Crippen molar-refractivity contribution in [3.8, 4) is 0 Å². The molecule has 21 heavy (non-hydrogen) atoms. The van der Waals surface area contributed by atoms with Crippen LogP contribution in [0.1, 0.15) is 19.3 Å². The van der Waals surface area contributed by atoms with Crippen LogP contribution in [0, 0.1) is 5.92 Å². The zero-order chi connectivity index (χ0) is 15.2. The second kappa shape index (κ2) is 7.45. The lowest BCUT2D eigenvalue weighted by molar-refractivity contribution is -0.134. The highest BCUT2D eigenvalue weighted by atomic mass is 32.1. The molecule has 1 atom stereocenters. The van der Waals surface area contributed by atoms with Crippen molar-refractivity contribution in [2.24, 2.45) is 5.92 Å². The molecule has 114 valence electrons. The predicted molar refractivity (Wildman–Crippen MR) is 85.4 cm³/mol. The average molecular weight is 307 g/mol. The van der Waals surface area contributed by atoms with Gasteiger partial charge in [0, 0.05) is 32.8 Å². The molecule has 5 nitrogen and oxygen atoms in total. The summed E-state index contributed by atoms with van der Waals surface area (Å²) in [4.78, 5) is 32.1. The number of piperidine rings is 1. The van der Waals surface area contributed by atoms with Crippen molar-refractivity contribution >= 4 is 30.3 Å². The first-order valence-corrected chi connectivity index (χ1v) is 7.84. The van der Waals surface area contributed by atoms with Gasteiger partial charge in [0.1, 0.15) is 5.82 Å². The van der Waals surface area contributed by atoms with Crippen molar-refractivity contribution < 1.29 is 9.59 Å². The Balaban J connectivity index is 2.00. The van der Waals surface area contributed by atoms with Gasteiger partial charge in [-0.2, -0.15) is 12.6 Å². The van der Waals surface area contributed by atoms with Crippen LogP contribution >= 0.6 is 12.6 Å². The standard InChI is InChI=1S/C15H21N3O2S/c1-17(13-6-2-3-8-16-13)15(20)12-5-4-9-18(11-12)14(19)7-10-21/h2-3,6,8,12,21H,4-5,7,9-11H2,1H3. The number of thiol groups is 1. The number of hydrogen-bond acceptors (Lipinski definition) is 4. The Hall–Kier alpha value is -1.56. The van der Waals surface area contributed by atoms with Gasteiger partial charge in [-0.05, 0) is 30.7 Å². The minimum Gasteiger partial charge on any atom is -0.342 e. The molecule has 1 aliphatic heterocycles. The molecule has 2 heterocycles. The molecule has 2 rings (SSSR count). The lowest BCUT2D eigenvalue weighted by atomic mass is 9.96. The van der Waals surface area contributed by atoms with E-state index in [-0.39, 0.29) is 17.7 Å². The zero-order valence-corrected chi connectivity index (χ0v) is 13.1. The number of amides is 2. The van der Waals surface area contributed by atoms with E-state index in [0.717, 1.165) is 19.4 Å². The average Bonchev–Trinajstić information content (AvgIpc) is 2.54. The van der Waals surface area contributed by atoms with E-state index in [2.05, 4.69) is 17.6 Å². The molecule has 0 N–H and O–H groups in total. The third kappa shape index (κ3) is 3.97. The summed E-state index contributed by atoms with van der Waals surface area (Å²) in [6.07, 6.45) is 3.79. The van der Waals surface area contributed by atoms with Gasteiger partial charge >= 0.3 is 0 Å². The van der Waals surface area contributed by atoms with Crippen LogP contribution in [-0.2, 0) is 9.59 Å². The summed E-state index contributed by atoms with van der Waals surface area (Å²) in [6, 6.07) is 5.49. The van der Waals surface area contributed by atoms with Gasteiger partial charge in [-0.3, -0.25) is 14.5 Å². The Morgan fingerprint density at radius 1 is 1.48 bits per heavy atom. The smallest absolute Gasteiger partial charge is 0.232 e. The maximum absolute atomic E-state index is 12.6. The van der Waals surface area contributed by atoms with E-state index >= 15 is 0 Å². The number of likely N-dealkylation sites (tertiary alicyclic amines) is 1. The van der Waals surface area contributed by atoms with Gasteiger partial charge in [0.15, 0.2) is 0 Å². The van der Waals surface area contributed by atoms with E-state index in [1.54, 1.807) is 23.0 Å². The van der Waals surface area contributed by atoms with Crippen molar-refractivity contribution in [1.82, 2.24) is 9.88 Å². The van der Waals surface area contributed by atoms with Crippen LogP contribution < -0.4 is 4.90 Å². The number of nitrogens with zero attached hydrogens (tertiary/aromatic N) is 3. The molecule has 1 fully saturated rings. The fourth-order valence-corrected chi connectivity index (χ4v) is 2.79. The maximum atomic E-state index is 12.6. The van der Waals surface area contributed by atoms with Crippen LogP contribution in [0.2, 0.25) is 0 Å². The summed E-state index contributed by atoms with van der Waals surface area (Å²) < 4.78 is 0. The fourth-order valence-electron chi connectivity index (χ4n) is 2.60. The maximum Gasteiger partial charge on any atom is 0.232 e. The van der Waals surface area contributed by atoms with Crippen LogP contribution in [0.15, 0.2) is 24.4 Å². The Labute approximate surface area is 130 Å². The lowest BCUT2D eigenvalue weighted by Crippen LogP contribution is -2.46. The Bertz CT molecular complexity index is 495. The van der Waals surface area contributed by atoms with Crippen LogP contribution in [0.3, 0.4) is 0 Å². The monoisotopic (exact) mass is 307 g/mol. The van der Waals surface area contributed by atoms with Gasteiger partial charge in [0.25, 0.3) is 0 Å². The highest BCUT2D eigenvalue weighted by molar-refractivity contribution is 7.80. The molecule has 0 spiro atoms. The largest absolute Gasteiger partial charge is 0.342 e. The van der Waals surface area contributed by atoms with E-state index in [4.69, 9.17) is 0 Å². The first kappa shape index (κ1) is 15.8. The lowest BCUT2D eigenvalue weighted by Gasteiger charge is -2.33. The normalized spacial score (nSPS) is 18.4. The van der Waals surface area contributed by atoms with Crippen LogP contribution in [0.5, 0.6) is 0 Å². The molecule has 1 aromatic rings. The van der Waals surface area contributed by atoms with Gasteiger partial charge < -0.3 is 4.90 Å². The van der Waals surface area contributed by atoms with Crippen molar-refractivity contribution in [2.75, 3.05) is 30.8 Å².